The zero-order valence-electron chi connectivity index (χ0n) is 11.9. The fourth-order valence-corrected chi connectivity index (χ4v) is 3.97. The van der Waals surface area contributed by atoms with E-state index in [1.54, 1.807) is 6.92 Å². The van der Waals surface area contributed by atoms with Crippen molar-refractivity contribution in [3.8, 4) is 0 Å². The van der Waals surface area contributed by atoms with E-state index in [0.29, 0.717) is 12.8 Å². The quantitative estimate of drug-likeness (QED) is 0.792. The molecule has 0 aliphatic rings. The van der Waals surface area contributed by atoms with Crippen molar-refractivity contribution in [2.75, 3.05) is 0 Å². The van der Waals surface area contributed by atoms with Crippen molar-refractivity contribution in [2.45, 2.75) is 44.0 Å². The summed E-state index contributed by atoms with van der Waals surface area (Å²) >= 11 is 3.00. The van der Waals surface area contributed by atoms with Crippen LogP contribution in [0.4, 0.5) is 4.39 Å². The van der Waals surface area contributed by atoms with Gasteiger partial charge >= 0.3 is 5.97 Å². The predicted molar refractivity (Wildman–Crippen MR) is 80.4 cm³/mol. The second-order valence-electron chi connectivity index (χ2n) is 4.94. The fraction of sp³-hybridized carbons (Fsp3) is 0.462. The second kappa shape index (κ2) is 6.41. The predicted octanol–water partition coefficient (Wildman–Crippen LogP) is 3.14. The fourth-order valence-electron chi connectivity index (χ4n) is 1.69. The van der Waals surface area contributed by atoms with Crippen LogP contribution in [0.1, 0.15) is 44.0 Å². The number of benzene rings is 1. The lowest BCUT2D eigenvalue weighted by Crippen LogP contribution is -2.45. The first kappa shape index (κ1) is 18.1. The van der Waals surface area contributed by atoms with Gasteiger partial charge in [-0.05, 0) is 31.9 Å². The molecule has 0 spiro atoms. The number of carbonyl (C=O) groups is 1. The minimum atomic E-state index is -4.17. The molecule has 118 valence electrons. The summed E-state index contributed by atoms with van der Waals surface area (Å²) in [5.74, 6) is -2.80. The van der Waals surface area contributed by atoms with E-state index in [-0.39, 0.29) is 4.47 Å². The van der Waals surface area contributed by atoms with Gasteiger partial charge in [-0.2, -0.15) is 0 Å². The summed E-state index contributed by atoms with van der Waals surface area (Å²) < 4.78 is 41.5. The van der Waals surface area contributed by atoms with Crippen molar-refractivity contribution in [3.05, 3.63) is 28.0 Å². The summed E-state index contributed by atoms with van der Waals surface area (Å²) in [6.07, 6.45) is 1.04. The number of halogens is 2. The Bertz CT molecular complexity index is 656. The van der Waals surface area contributed by atoms with Gasteiger partial charge in [0.15, 0.2) is 5.82 Å². The van der Waals surface area contributed by atoms with Crippen LogP contribution in [0.3, 0.4) is 0 Å². The molecule has 21 heavy (non-hydrogen) atoms. The summed E-state index contributed by atoms with van der Waals surface area (Å²) in [6.45, 7) is 5.33. The van der Waals surface area contributed by atoms with Gasteiger partial charge in [0, 0.05) is 10.0 Å². The van der Waals surface area contributed by atoms with E-state index in [9.17, 15) is 17.6 Å². The Morgan fingerprint density at radius 3 is 2.33 bits per heavy atom. The van der Waals surface area contributed by atoms with Crippen molar-refractivity contribution >= 4 is 31.9 Å². The standard InChI is InChI=1S/C13H17BrFNO4S/c1-4-13(3,5-2)16-21(19,20)10-7-8(14)6-9(11(10)15)12(17)18/h6-7,16H,4-5H2,1-3H3,(H,17,18). The molecule has 1 rings (SSSR count). The van der Waals surface area contributed by atoms with Gasteiger partial charge in [-0.3, -0.25) is 0 Å². The van der Waals surface area contributed by atoms with Gasteiger partial charge in [-0.25, -0.2) is 22.3 Å². The van der Waals surface area contributed by atoms with Crippen molar-refractivity contribution in [2.24, 2.45) is 0 Å². The Morgan fingerprint density at radius 2 is 1.90 bits per heavy atom. The Labute approximate surface area is 131 Å². The Hall–Kier alpha value is -0.990. The van der Waals surface area contributed by atoms with Crippen LogP contribution in [0.5, 0.6) is 0 Å². The Morgan fingerprint density at radius 1 is 1.38 bits per heavy atom. The van der Waals surface area contributed by atoms with Gasteiger partial charge in [0.25, 0.3) is 0 Å². The molecule has 0 fully saturated rings. The maximum Gasteiger partial charge on any atom is 0.338 e. The number of sulfonamides is 1. The molecule has 0 saturated carbocycles. The molecule has 0 atom stereocenters. The Kier molecular flexibility index (Phi) is 5.51. The number of hydrogen-bond donors (Lipinski definition) is 2. The van der Waals surface area contributed by atoms with Gasteiger partial charge in [0.2, 0.25) is 10.0 Å². The first-order chi connectivity index (χ1) is 9.56. The van der Waals surface area contributed by atoms with E-state index in [1.165, 1.54) is 0 Å². The minimum absolute atomic E-state index is 0.177. The number of hydrogen-bond acceptors (Lipinski definition) is 3. The third-order valence-corrected chi connectivity index (χ3v) is 5.56. The topological polar surface area (TPSA) is 83.5 Å². The van der Waals surface area contributed by atoms with E-state index >= 15 is 0 Å². The van der Waals surface area contributed by atoms with Crippen LogP contribution >= 0.6 is 15.9 Å². The molecule has 0 aliphatic heterocycles. The normalized spacial score (nSPS) is 12.4. The summed E-state index contributed by atoms with van der Waals surface area (Å²) in [4.78, 5) is 10.3. The molecule has 2 N–H and O–H groups in total. The SMILES string of the molecule is CCC(C)(CC)NS(=O)(=O)c1cc(Br)cc(C(=O)O)c1F. The third-order valence-electron chi connectivity index (χ3n) is 3.47. The van der Waals surface area contributed by atoms with Crippen LogP contribution in [-0.4, -0.2) is 25.0 Å². The lowest BCUT2D eigenvalue weighted by atomic mass is 9.98. The largest absolute Gasteiger partial charge is 0.478 e. The van der Waals surface area contributed by atoms with E-state index in [4.69, 9.17) is 5.11 Å². The van der Waals surface area contributed by atoms with E-state index in [2.05, 4.69) is 20.7 Å². The number of aromatic carboxylic acids is 1. The summed E-state index contributed by atoms with van der Waals surface area (Å²) in [5, 5.41) is 8.93. The van der Waals surface area contributed by atoms with Gasteiger partial charge in [0.1, 0.15) is 4.90 Å². The average Bonchev–Trinajstić information content (AvgIpc) is 2.39. The molecule has 0 bridgehead atoms. The molecule has 0 aromatic heterocycles. The highest BCUT2D eigenvalue weighted by molar-refractivity contribution is 9.10. The number of carboxylic acids is 1. The van der Waals surface area contributed by atoms with Crippen molar-refractivity contribution in [1.29, 1.82) is 0 Å². The van der Waals surface area contributed by atoms with Crippen LogP contribution in [0.25, 0.3) is 0 Å². The molecular formula is C13H17BrFNO4S. The van der Waals surface area contributed by atoms with Gasteiger partial charge < -0.3 is 5.11 Å². The molecule has 0 aliphatic carbocycles. The summed E-state index contributed by atoms with van der Waals surface area (Å²) in [5.41, 5.74) is -1.42. The zero-order chi connectivity index (χ0) is 16.4. The smallest absolute Gasteiger partial charge is 0.338 e. The van der Waals surface area contributed by atoms with Crippen LogP contribution < -0.4 is 4.72 Å². The molecular weight excluding hydrogens is 365 g/mol. The van der Waals surface area contributed by atoms with Gasteiger partial charge in [0.05, 0.1) is 5.56 Å². The molecule has 1 aromatic rings. The molecule has 0 heterocycles. The van der Waals surface area contributed by atoms with E-state index in [0.717, 1.165) is 12.1 Å². The number of carboxylic acid groups (broad SMARTS) is 1. The molecule has 1 aromatic carbocycles. The third kappa shape index (κ3) is 4.02. The lowest BCUT2D eigenvalue weighted by molar-refractivity contribution is 0.0691. The highest BCUT2D eigenvalue weighted by Gasteiger charge is 2.31. The second-order valence-corrected chi connectivity index (χ2v) is 7.51. The number of nitrogens with one attached hydrogen (secondary N) is 1. The van der Waals surface area contributed by atoms with Crippen LogP contribution in [0, 0.1) is 5.82 Å². The van der Waals surface area contributed by atoms with E-state index < -0.39 is 37.8 Å². The van der Waals surface area contributed by atoms with Crippen LogP contribution in [0.2, 0.25) is 0 Å². The van der Waals surface area contributed by atoms with Gasteiger partial charge in [-0.15, -0.1) is 0 Å². The monoisotopic (exact) mass is 381 g/mol. The first-order valence-electron chi connectivity index (χ1n) is 6.32. The highest BCUT2D eigenvalue weighted by Crippen LogP contribution is 2.26. The molecule has 0 amide bonds. The van der Waals surface area contributed by atoms with Crippen molar-refractivity contribution in [1.82, 2.24) is 4.72 Å². The van der Waals surface area contributed by atoms with Crippen LogP contribution in [0.15, 0.2) is 21.5 Å². The summed E-state index contributed by atoms with van der Waals surface area (Å²) in [7, 11) is -4.17. The number of rotatable bonds is 6. The van der Waals surface area contributed by atoms with Crippen LogP contribution in [-0.2, 0) is 10.0 Å². The van der Waals surface area contributed by atoms with Crippen molar-refractivity contribution in [3.63, 3.8) is 0 Å². The van der Waals surface area contributed by atoms with E-state index in [1.807, 2.05) is 13.8 Å². The highest BCUT2D eigenvalue weighted by atomic mass is 79.9. The molecule has 0 saturated heterocycles. The van der Waals surface area contributed by atoms with Crippen molar-refractivity contribution < 1.29 is 22.7 Å². The average molecular weight is 382 g/mol. The minimum Gasteiger partial charge on any atom is -0.478 e. The molecule has 0 radical (unpaired) electrons. The molecule has 8 heteroatoms. The maximum atomic E-state index is 14.2. The maximum absolute atomic E-state index is 14.2. The zero-order valence-corrected chi connectivity index (χ0v) is 14.3. The summed E-state index contributed by atoms with van der Waals surface area (Å²) in [6, 6.07) is 2.07. The van der Waals surface area contributed by atoms with Gasteiger partial charge in [-0.1, -0.05) is 29.8 Å². The molecule has 0 unspecified atom stereocenters. The first-order valence-corrected chi connectivity index (χ1v) is 8.60. The molecule has 5 nitrogen and oxygen atoms in total. The lowest BCUT2D eigenvalue weighted by Gasteiger charge is -2.28. The Balaban J connectivity index is 3.42.